The van der Waals surface area contributed by atoms with Crippen LogP contribution in [0, 0.1) is 13.8 Å². The number of alkyl halides is 3. The number of hydrogen-bond acceptors (Lipinski definition) is 5. The first-order chi connectivity index (χ1) is 13.8. The number of carbonyl (C=O) groups excluding carboxylic acids is 1. The van der Waals surface area contributed by atoms with Crippen molar-refractivity contribution in [3.8, 4) is 11.1 Å². The summed E-state index contributed by atoms with van der Waals surface area (Å²) in [7, 11) is -3.38. The Hall–Kier alpha value is -2.33. The third kappa shape index (κ3) is 5.04. The Balaban J connectivity index is 2.48. The molecule has 0 aliphatic heterocycles. The summed E-state index contributed by atoms with van der Waals surface area (Å²) in [6.07, 6.45) is 0.406. The molecule has 0 saturated carbocycles. The predicted molar refractivity (Wildman–Crippen MR) is 108 cm³/mol. The minimum atomic E-state index is -5.51. The number of nitrogens with zero attached hydrogens (tertiary/aromatic N) is 2. The summed E-state index contributed by atoms with van der Waals surface area (Å²) in [5, 5.41) is 0.187. The van der Waals surface area contributed by atoms with Crippen molar-refractivity contribution in [2.24, 2.45) is 0 Å². The molecule has 0 bridgehead atoms. The van der Waals surface area contributed by atoms with Gasteiger partial charge in [-0.3, -0.25) is 9.10 Å². The molecule has 0 aliphatic carbocycles. The van der Waals surface area contributed by atoms with Gasteiger partial charge in [0.05, 0.1) is 19.2 Å². The monoisotopic (exact) mass is 464 g/mol. The molecule has 30 heavy (non-hydrogen) atoms. The lowest BCUT2D eigenvalue weighted by molar-refractivity contribution is -0.140. The van der Waals surface area contributed by atoms with Gasteiger partial charge in [-0.1, -0.05) is 11.6 Å². The third-order valence-corrected chi connectivity index (χ3v) is 6.19. The Morgan fingerprint density at radius 1 is 1.17 bits per heavy atom. The number of pyridine rings is 1. The predicted octanol–water partition coefficient (Wildman–Crippen LogP) is 4.41. The van der Waals surface area contributed by atoms with Crippen LogP contribution < -0.4 is 4.31 Å². The van der Waals surface area contributed by atoms with Crippen LogP contribution in [-0.2, 0) is 26.0 Å². The number of aromatic nitrogens is 1. The number of methoxy groups -OCH3 is 1. The van der Waals surface area contributed by atoms with Gasteiger partial charge < -0.3 is 4.74 Å². The Morgan fingerprint density at radius 3 is 2.23 bits per heavy atom. The van der Waals surface area contributed by atoms with Crippen LogP contribution in [0.4, 0.5) is 18.9 Å². The van der Waals surface area contributed by atoms with E-state index in [4.69, 9.17) is 11.6 Å². The van der Waals surface area contributed by atoms with E-state index in [2.05, 4.69) is 9.72 Å². The van der Waals surface area contributed by atoms with E-state index in [1.807, 2.05) is 0 Å². The molecule has 0 aliphatic rings. The van der Waals surface area contributed by atoms with Crippen molar-refractivity contribution in [3.63, 3.8) is 0 Å². The van der Waals surface area contributed by atoms with Crippen molar-refractivity contribution in [1.82, 2.24) is 4.98 Å². The molecule has 0 amide bonds. The quantitative estimate of drug-likeness (QED) is 0.467. The number of benzene rings is 1. The molecule has 0 unspecified atom stereocenters. The second-order valence-corrected chi connectivity index (χ2v) is 8.97. The zero-order valence-electron chi connectivity index (χ0n) is 16.7. The zero-order valence-corrected chi connectivity index (χ0v) is 18.2. The number of anilines is 1. The highest BCUT2D eigenvalue weighted by Gasteiger charge is 2.49. The van der Waals surface area contributed by atoms with Gasteiger partial charge in [-0.05, 0) is 60.4 Å². The highest BCUT2D eigenvalue weighted by Crippen LogP contribution is 2.35. The lowest BCUT2D eigenvalue weighted by atomic mass is 9.95. The first-order valence-electron chi connectivity index (χ1n) is 8.68. The van der Waals surface area contributed by atoms with Crippen LogP contribution in [-0.4, -0.2) is 39.0 Å². The minimum Gasteiger partial charge on any atom is -0.469 e. The maximum absolute atomic E-state index is 12.9. The van der Waals surface area contributed by atoms with E-state index < -0.39 is 21.5 Å². The van der Waals surface area contributed by atoms with E-state index in [1.165, 1.54) is 19.2 Å². The second-order valence-electron chi connectivity index (χ2n) is 6.62. The Bertz CT molecular complexity index is 1050. The van der Waals surface area contributed by atoms with Crippen molar-refractivity contribution in [3.05, 3.63) is 46.2 Å². The second kappa shape index (κ2) is 8.81. The minimum absolute atomic E-state index is 0.111. The van der Waals surface area contributed by atoms with E-state index in [9.17, 15) is 26.4 Å². The van der Waals surface area contributed by atoms with E-state index >= 15 is 0 Å². The van der Waals surface area contributed by atoms with Gasteiger partial charge in [0, 0.05) is 19.2 Å². The van der Waals surface area contributed by atoms with Crippen molar-refractivity contribution in [2.45, 2.75) is 32.2 Å². The van der Waals surface area contributed by atoms with Gasteiger partial charge in [-0.2, -0.15) is 21.6 Å². The zero-order chi connectivity index (χ0) is 22.9. The van der Waals surface area contributed by atoms with Crippen LogP contribution in [0.1, 0.15) is 23.2 Å². The van der Waals surface area contributed by atoms with E-state index in [1.54, 1.807) is 26.0 Å². The topological polar surface area (TPSA) is 76.6 Å². The van der Waals surface area contributed by atoms with Crippen molar-refractivity contribution >= 4 is 33.3 Å². The summed E-state index contributed by atoms with van der Waals surface area (Å²) in [5.74, 6) is -0.399. The van der Waals surface area contributed by atoms with Crippen molar-refractivity contribution in [1.29, 1.82) is 0 Å². The van der Waals surface area contributed by atoms with E-state index in [0.717, 1.165) is 7.05 Å². The van der Waals surface area contributed by atoms with Crippen LogP contribution in [0.15, 0.2) is 24.3 Å². The maximum Gasteiger partial charge on any atom is 0.516 e. The fourth-order valence-corrected chi connectivity index (χ4v) is 3.95. The first-order valence-corrected chi connectivity index (χ1v) is 10.5. The van der Waals surface area contributed by atoms with Crippen LogP contribution >= 0.6 is 11.6 Å². The lowest BCUT2D eigenvalue weighted by Gasteiger charge is -2.23. The molecule has 1 aromatic heterocycles. The summed E-state index contributed by atoms with van der Waals surface area (Å²) in [5.41, 5.74) is -2.54. The molecule has 0 saturated heterocycles. The molecule has 0 N–H and O–H groups in total. The first kappa shape index (κ1) is 23.9. The number of halogens is 4. The summed E-state index contributed by atoms with van der Waals surface area (Å²) < 4.78 is 66.9. The molecule has 0 spiro atoms. The van der Waals surface area contributed by atoms with Gasteiger partial charge in [0.15, 0.2) is 0 Å². The molecule has 2 rings (SSSR count). The van der Waals surface area contributed by atoms with Gasteiger partial charge in [-0.25, -0.2) is 4.98 Å². The van der Waals surface area contributed by atoms with Crippen LogP contribution in [0.5, 0.6) is 0 Å². The molecular formula is C19H20ClF3N2O4S. The third-order valence-electron chi connectivity index (χ3n) is 4.48. The maximum atomic E-state index is 12.9. The molecule has 2 aromatic rings. The molecule has 6 nitrogen and oxygen atoms in total. The van der Waals surface area contributed by atoms with Gasteiger partial charge >= 0.3 is 21.5 Å². The Labute approximate surface area is 177 Å². The number of carbonyl (C=O) groups is 1. The molecular weight excluding hydrogens is 445 g/mol. The number of sulfonamides is 1. The van der Waals surface area contributed by atoms with Crippen LogP contribution in [0.3, 0.4) is 0 Å². The van der Waals surface area contributed by atoms with Gasteiger partial charge in [0.25, 0.3) is 0 Å². The van der Waals surface area contributed by atoms with Crippen molar-refractivity contribution in [2.75, 3.05) is 18.5 Å². The van der Waals surface area contributed by atoms with Gasteiger partial charge in [-0.15, -0.1) is 0 Å². The number of esters is 1. The Morgan fingerprint density at radius 2 is 1.73 bits per heavy atom. The highest BCUT2D eigenvalue weighted by atomic mass is 35.5. The molecule has 0 atom stereocenters. The Kier molecular flexibility index (Phi) is 7.03. The van der Waals surface area contributed by atoms with Gasteiger partial charge in [0.2, 0.25) is 0 Å². The lowest BCUT2D eigenvalue weighted by Crippen LogP contribution is -2.38. The molecule has 0 fully saturated rings. The fourth-order valence-electron chi connectivity index (χ4n) is 3.03. The van der Waals surface area contributed by atoms with Crippen LogP contribution in [0.2, 0.25) is 5.15 Å². The molecule has 1 heterocycles. The average Bonchev–Trinajstić information content (AvgIpc) is 2.63. The number of rotatable bonds is 6. The summed E-state index contributed by atoms with van der Waals surface area (Å²) in [6, 6.07) is 6.02. The molecule has 164 valence electrons. The van der Waals surface area contributed by atoms with E-state index in [0.29, 0.717) is 34.4 Å². The standard InChI is InChI=1S/C19H20ClF3N2O4S/c1-11-7-15(25(3)30(27,28)19(21,22)23)8-12(2)18(11)13-9-14(24-16(20)10-13)5-6-17(26)29-4/h7-10H,5-6H2,1-4H3. The summed E-state index contributed by atoms with van der Waals surface area (Å²) in [4.78, 5) is 15.5. The summed E-state index contributed by atoms with van der Waals surface area (Å²) >= 11 is 6.11. The number of ether oxygens (including phenoxy) is 1. The highest BCUT2D eigenvalue weighted by molar-refractivity contribution is 7.93. The summed E-state index contributed by atoms with van der Waals surface area (Å²) in [6.45, 7) is 3.31. The largest absolute Gasteiger partial charge is 0.516 e. The van der Waals surface area contributed by atoms with E-state index in [-0.39, 0.29) is 21.6 Å². The van der Waals surface area contributed by atoms with Gasteiger partial charge in [0.1, 0.15) is 5.15 Å². The number of aryl methyl sites for hydroxylation is 3. The fraction of sp³-hybridized carbons (Fsp3) is 0.368. The normalized spacial score (nSPS) is 12.0. The molecule has 1 aromatic carbocycles. The van der Waals surface area contributed by atoms with Crippen LogP contribution in [0.25, 0.3) is 11.1 Å². The smallest absolute Gasteiger partial charge is 0.469 e. The molecule has 0 radical (unpaired) electrons. The van der Waals surface area contributed by atoms with Crippen molar-refractivity contribution < 1.29 is 31.1 Å². The average molecular weight is 465 g/mol. The number of hydrogen-bond donors (Lipinski definition) is 0. The molecule has 11 heteroatoms. The SMILES string of the molecule is COC(=O)CCc1cc(-c2c(C)cc(N(C)S(=O)(=O)C(F)(F)F)cc2C)cc(Cl)n1.